The van der Waals surface area contributed by atoms with Crippen molar-refractivity contribution in [1.29, 1.82) is 0 Å². The van der Waals surface area contributed by atoms with E-state index in [1.807, 2.05) is 30.3 Å². The molecule has 0 N–H and O–H groups in total. The van der Waals surface area contributed by atoms with Crippen LogP contribution in [0.5, 0.6) is 0 Å². The minimum Gasteiger partial charge on any atom is -0.385 e. The molecule has 1 aliphatic heterocycles. The molecule has 3 nitrogen and oxygen atoms in total. The maximum Gasteiger partial charge on any atom is 0.227 e. The van der Waals surface area contributed by atoms with Crippen LogP contribution in [0.15, 0.2) is 30.3 Å². The Morgan fingerprint density at radius 3 is 2.85 bits per heavy atom. The number of benzene rings is 1. The van der Waals surface area contributed by atoms with Crippen molar-refractivity contribution in [3.63, 3.8) is 0 Å². The van der Waals surface area contributed by atoms with Gasteiger partial charge in [0.15, 0.2) is 0 Å². The minimum atomic E-state index is 0.276. The number of amides is 1. The second kappa shape index (κ2) is 8.05. The lowest BCUT2D eigenvalue weighted by atomic mass is 9.97. The van der Waals surface area contributed by atoms with Gasteiger partial charge in [-0.1, -0.05) is 30.3 Å². The van der Waals surface area contributed by atoms with Crippen molar-refractivity contribution in [2.24, 2.45) is 0 Å². The lowest BCUT2D eigenvalue weighted by Crippen LogP contribution is -2.44. The van der Waals surface area contributed by atoms with Gasteiger partial charge in [-0.05, 0) is 37.7 Å². The van der Waals surface area contributed by atoms with Gasteiger partial charge >= 0.3 is 0 Å². The quantitative estimate of drug-likeness (QED) is 0.747. The van der Waals surface area contributed by atoms with Crippen molar-refractivity contribution in [1.82, 2.24) is 4.90 Å². The number of likely N-dealkylation sites (tertiary alicyclic amines) is 1. The van der Waals surface area contributed by atoms with Gasteiger partial charge in [0.05, 0.1) is 6.42 Å². The van der Waals surface area contributed by atoms with E-state index in [9.17, 15) is 4.79 Å². The van der Waals surface area contributed by atoms with E-state index in [2.05, 4.69) is 4.90 Å². The van der Waals surface area contributed by atoms with Crippen LogP contribution in [-0.4, -0.2) is 37.1 Å². The normalized spacial score (nSPS) is 19.1. The molecule has 3 heteroatoms. The summed E-state index contributed by atoms with van der Waals surface area (Å²) in [6.07, 6.45) is 6.16. The SMILES string of the molecule is COCCC[C@@H]1CCCCN1C(=O)Cc1ccccc1. The van der Waals surface area contributed by atoms with E-state index in [1.54, 1.807) is 7.11 Å². The lowest BCUT2D eigenvalue weighted by Gasteiger charge is -2.36. The number of carbonyl (C=O) groups excluding carboxylic acids is 1. The molecule has 110 valence electrons. The van der Waals surface area contributed by atoms with Crippen LogP contribution in [0.25, 0.3) is 0 Å². The number of methoxy groups -OCH3 is 1. The van der Waals surface area contributed by atoms with E-state index in [4.69, 9.17) is 4.74 Å². The highest BCUT2D eigenvalue weighted by Gasteiger charge is 2.25. The van der Waals surface area contributed by atoms with Crippen LogP contribution in [0.3, 0.4) is 0 Å². The number of carbonyl (C=O) groups is 1. The summed E-state index contributed by atoms with van der Waals surface area (Å²) < 4.78 is 5.12. The largest absolute Gasteiger partial charge is 0.385 e. The molecule has 0 aliphatic carbocycles. The molecule has 0 unspecified atom stereocenters. The molecule has 1 atom stereocenters. The monoisotopic (exact) mass is 275 g/mol. The van der Waals surface area contributed by atoms with E-state index in [0.717, 1.165) is 44.4 Å². The van der Waals surface area contributed by atoms with Crippen LogP contribution >= 0.6 is 0 Å². The minimum absolute atomic E-state index is 0.276. The fraction of sp³-hybridized carbons (Fsp3) is 0.588. The van der Waals surface area contributed by atoms with Crippen molar-refractivity contribution in [3.8, 4) is 0 Å². The maximum absolute atomic E-state index is 12.5. The third-order valence-corrected chi connectivity index (χ3v) is 4.03. The lowest BCUT2D eigenvalue weighted by molar-refractivity contribution is -0.134. The van der Waals surface area contributed by atoms with Crippen LogP contribution in [0.2, 0.25) is 0 Å². The summed E-state index contributed by atoms with van der Waals surface area (Å²) in [7, 11) is 1.74. The molecule has 2 rings (SSSR count). The number of ether oxygens (including phenoxy) is 1. The third kappa shape index (κ3) is 4.34. The number of hydrogen-bond donors (Lipinski definition) is 0. The van der Waals surface area contributed by atoms with E-state index < -0.39 is 0 Å². The zero-order valence-corrected chi connectivity index (χ0v) is 12.4. The zero-order valence-electron chi connectivity index (χ0n) is 12.4. The van der Waals surface area contributed by atoms with E-state index >= 15 is 0 Å². The van der Waals surface area contributed by atoms with Crippen molar-refractivity contribution in [2.75, 3.05) is 20.3 Å². The molecule has 1 aromatic carbocycles. The Labute approximate surface area is 121 Å². The Hall–Kier alpha value is -1.35. The second-order valence-electron chi connectivity index (χ2n) is 5.53. The van der Waals surface area contributed by atoms with Gasteiger partial charge in [-0.2, -0.15) is 0 Å². The Bertz CT molecular complexity index is 405. The van der Waals surface area contributed by atoms with E-state index in [0.29, 0.717) is 12.5 Å². The van der Waals surface area contributed by atoms with Crippen LogP contribution in [0.1, 0.15) is 37.7 Å². The number of rotatable bonds is 6. The molecular formula is C17H25NO2. The highest BCUT2D eigenvalue weighted by atomic mass is 16.5. The summed E-state index contributed by atoms with van der Waals surface area (Å²) in [6.45, 7) is 1.71. The van der Waals surface area contributed by atoms with E-state index in [-0.39, 0.29) is 5.91 Å². The predicted molar refractivity (Wildman–Crippen MR) is 80.6 cm³/mol. The van der Waals surface area contributed by atoms with Gasteiger partial charge in [-0.25, -0.2) is 0 Å². The van der Waals surface area contributed by atoms with Gasteiger partial charge in [-0.3, -0.25) is 4.79 Å². The molecule has 1 aliphatic rings. The molecule has 1 heterocycles. The number of hydrogen-bond acceptors (Lipinski definition) is 2. The average Bonchev–Trinajstić information content (AvgIpc) is 2.49. The predicted octanol–water partition coefficient (Wildman–Crippen LogP) is 3.04. The molecular weight excluding hydrogens is 250 g/mol. The van der Waals surface area contributed by atoms with E-state index in [1.165, 1.54) is 6.42 Å². The van der Waals surface area contributed by atoms with Gasteiger partial charge in [0.2, 0.25) is 5.91 Å². The summed E-state index contributed by atoms with van der Waals surface area (Å²) in [6, 6.07) is 10.4. The van der Waals surface area contributed by atoms with Crippen molar-refractivity contribution < 1.29 is 9.53 Å². The molecule has 0 saturated carbocycles. The molecule has 1 fully saturated rings. The van der Waals surface area contributed by atoms with Crippen molar-refractivity contribution in [2.45, 2.75) is 44.6 Å². The Morgan fingerprint density at radius 2 is 2.10 bits per heavy atom. The van der Waals surface area contributed by atoms with Gasteiger partial charge in [0.1, 0.15) is 0 Å². The molecule has 0 radical (unpaired) electrons. The molecule has 1 saturated heterocycles. The first-order valence-corrected chi connectivity index (χ1v) is 7.63. The van der Waals surface area contributed by atoms with Gasteiger partial charge in [0, 0.05) is 26.3 Å². The first kappa shape index (κ1) is 15.0. The van der Waals surface area contributed by atoms with Gasteiger partial charge < -0.3 is 9.64 Å². The summed E-state index contributed by atoms with van der Waals surface area (Å²) in [4.78, 5) is 14.6. The highest BCUT2D eigenvalue weighted by molar-refractivity contribution is 5.79. The van der Waals surface area contributed by atoms with Crippen LogP contribution in [-0.2, 0) is 16.0 Å². The standard InChI is InChI=1S/C17H25NO2/c1-20-13-7-11-16-10-5-6-12-18(16)17(19)14-15-8-3-2-4-9-15/h2-4,8-9,16H,5-7,10-14H2,1H3/t16-/m0/s1. The number of nitrogens with zero attached hydrogens (tertiary/aromatic N) is 1. The molecule has 1 amide bonds. The average molecular weight is 275 g/mol. The summed E-state index contributed by atoms with van der Waals surface area (Å²) in [5, 5.41) is 0. The van der Waals surface area contributed by atoms with Crippen LogP contribution in [0.4, 0.5) is 0 Å². The van der Waals surface area contributed by atoms with Gasteiger partial charge in [0.25, 0.3) is 0 Å². The van der Waals surface area contributed by atoms with Crippen molar-refractivity contribution >= 4 is 5.91 Å². The Kier molecular flexibility index (Phi) is 6.06. The highest BCUT2D eigenvalue weighted by Crippen LogP contribution is 2.22. The second-order valence-corrected chi connectivity index (χ2v) is 5.53. The zero-order chi connectivity index (χ0) is 14.2. The Balaban J connectivity index is 1.91. The fourth-order valence-corrected chi connectivity index (χ4v) is 2.96. The molecule has 0 bridgehead atoms. The van der Waals surface area contributed by atoms with Crippen molar-refractivity contribution in [3.05, 3.63) is 35.9 Å². The number of piperidine rings is 1. The molecule has 20 heavy (non-hydrogen) atoms. The molecule has 1 aromatic rings. The van der Waals surface area contributed by atoms with Gasteiger partial charge in [-0.15, -0.1) is 0 Å². The summed E-state index contributed by atoms with van der Waals surface area (Å²) >= 11 is 0. The van der Waals surface area contributed by atoms with Crippen LogP contribution in [0, 0.1) is 0 Å². The Morgan fingerprint density at radius 1 is 1.30 bits per heavy atom. The first-order valence-electron chi connectivity index (χ1n) is 7.63. The maximum atomic E-state index is 12.5. The summed E-state index contributed by atoms with van der Waals surface area (Å²) in [5.74, 6) is 0.276. The topological polar surface area (TPSA) is 29.5 Å². The molecule has 0 aromatic heterocycles. The smallest absolute Gasteiger partial charge is 0.227 e. The first-order chi connectivity index (χ1) is 9.81. The third-order valence-electron chi connectivity index (χ3n) is 4.03. The summed E-state index contributed by atoms with van der Waals surface area (Å²) in [5.41, 5.74) is 1.11. The fourth-order valence-electron chi connectivity index (χ4n) is 2.96. The molecule has 0 spiro atoms. The van der Waals surface area contributed by atoms with Crippen LogP contribution < -0.4 is 0 Å².